The standard InChI is InChI=1S/C6H8N2O/c1-7-3-5-9-6-4-8-2/h3-6H2. The zero-order valence-electron chi connectivity index (χ0n) is 5.13. The van der Waals surface area contributed by atoms with Crippen LogP contribution in [0, 0.1) is 13.1 Å². The number of hydrogen-bond donors (Lipinski definition) is 0. The van der Waals surface area contributed by atoms with Gasteiger partial charge in [0.1, 0.15) is 13.2 Å². The van der Waals surface area contributed by atoms with Crippen LogP contribution >= 0.6 is 0 Å². The topological polar surface area (TPSA) is 17.9 Å². The molecule has 3 nitrogen and oxygen atoms in total. The molecule has 0 spiro atoms. The van der Waals surface area contributed by atoms with Crippen LogP contribution in [0.1, 0.15) is 0 Å². The third-order valence-corrected chi connectivity index (χ3v) is 0.695. The van der Waals surface area contributed by atoms with E-state index in [1.807, 2.05) is 0 Å². The molecule has 9 heavy (non-hydrogen) atoms. The molecule has 0 fully saturated rings. The van der Waals surface area contributed by atoms with Crippen molar-refractivity contribution in [2.75, 3.05) is 26.3 Å². The molecular formula is C6H8N2O. The van der Waals surface area contributed by atoms with Crippen molar-refractivity contribution in [2.45, 2.75) is 0 Å². The third-order valence-electron chi connectivity index (χ3n) is 0.695. The van der Waals surface area contributed by atoms with Crippen molar-refractivity contribution in [3.8, 4) is 0 Å². The monoisotopic (exact) mass is 124 g/mol. The van der Waals surface area contributed by atoms with E-state index in [2.05, 4.69) is 9.69 Å². The van der Waals surface area contributed by atoms with Crippen molar-refractivity contribution in [3.63, 3.8) is 0 Å². The second-order valence-corrected chi connectivity index (χ2v) is 1.38. The fourth-order valence-corrected chi connectivity index (χ4v) is 0.322. The molecule has 0 aromatic carbocycles. The van der Waals surface area contributed by atoms with E-state index in [9.17, 15) is 0 Å². The molecule has 0 N–H and O–H groups in total. The Morgan fingerprint density at radius 3 is 1.78 bits per heavy atom. The molecule has 0 aliphatic carbocycles. The Kier molecular flexibility index (Phi) is 6.12. The van der Waals surface area contributed by atoms with Crippen molar-refractivity contribution >= 4 is 0 Å². The average molecular weight is 124 g/mol. The molecule has 48 valence electrons. The Balaban J connectivity index is 2.79. The molecule has 0 aliphatic heterocycles. The van der Waals surface area contributed by atoms with Crippen LogP contribution in [0.25, 0.3) is 9.69 Å². The van der Waals surface area contributed by atoms with Crippen LogP contribution in [0.3, 0.4) is 0 Å². The van der Waals surface area contributed by atoms with Gasteiger partial charge in [-0.25, -0.2) is 13.1 Å². The molecule has 0 radical (unpaired) electrons. The lowest BCUT2D eigenvalue weighted by atomic mass is 10.7. The summed E-state index contributed by atoms with van der Waals surface area (Å²) in [7, 11) is 0. The van der Waals surface area contributed by atoms with Crippen molar-refractivity contribution in [1.29, 1.82) is 0 Å². The van der Waals surface area contributed by atoms with E-state index in [0.29, 0.717) is 26.3 Å². The van der Waals surface area contributed by atoms with Gasteiger partial charge in [0.15, 0.2) is 0 Å². The Morgan fingerprint density at radius 2 is 1.44 bits per heavy atom. The number of nitrogens with zero attached hydrogens (tertiary/aromatic N) is 2. The highest BCUT2D eigenvalue weighted by atomic mass is 16.5. The zero-order chi connectivity index (χ0) is 6.95. The quantitative estimate of drug-likeness (QED) is 0.401. The van der Waals surface area contributed by atoms with Gasteiger partial charge >= 0.3 is 0 Å². The largest absolute Gasteiger partial charge is 0.366 e. The molecule has 0 saturated carbocycles. The first-order chi connectivity index (χ1) is 4.41. The predicted molar refractivity (Wildman–Crippen MR) is 33.8 cm³/mol. The lowest BCUT2D eigenvalue weighted by Gasteiger charge is -1.90. The maximum absolute atomic E-state index is 6.37. The third kappa shape index (κ3) is 6.94. The summed E-state index contributed by atoms with van der Waals surface area (Å²) >= 11 is 0. The number of ether oxygens (including phenoxy) is 1. The van der Waals surface area contributed by atoms with E-state index >= 15 is 0 Å². The average Bonchev–Trinajstić information content (AvgIpc) is 1.89. The Labute approximate surface area is 54.9 Å². The van der Waals surface area contributed by atoms with Crippen LogP contribution in [0.2, 0.25) is 0 Å². The fourth-order valence-electron chi connectivity index (χ4n) is 0.322. The fraction of sp³-hybridized carbons (Fsp3) is 0.667. The smallest absolute Gasteiger partial charge is 0.237 e. The van der Waals surface area contributed by atoms with Crippen LogP contribution in [-0.2, 0) is 4.74 Å². The van der Waals surface area contributed by atoms with E-state index < -0.39 is 0 Å². The summed E-state index contributed by atoms with van der Waals surface area (Å²) in [5.74, 6) is 0. The van der Waals surface area contributed by atoms with Gasteiger partial charge in [-0.2, -0.15) is 0 Å². The minimum Gasteiger partial charge on any atom is -0.366 e. The second kappa shape index (κ2) is 6.94. The summed E-state index contributed by atoms with van der Waals surface area (Å²) < 4.78 is 4.89. The van der Waals surface area contributed by atoms with E-state index in [1.54, 1.807) is 0 Å². The van der Waals surface area contributed by atoms with Crippen molar-refractivity contribution in [1.82, 2.24) is 0 Å². The summed E-state index contributed by atoms with van der Waals surface area (Å²) in [5, 5.41) is 0. The molecule has 0 heterocycles. The molecular weight excluding hydrogens is 116 g/mol. The summed E-state index contributed by atoms with van der Waals surface area (Å²) in [6, 6.07) is 0. The van der Waals surface area contributed by atoms with Gasteiger partial charge in [-0.15, -0.1) is 0 Å². The van der Waals surface area contributed by atoms with Crippen molar-refractivity contribution in [2.24, 2.45) is 0 Å². The lowest BCUT2D eigenvalue weighted by Crippen LogP contribution is -2.00. The van der Waals surface area contributed by atoms with Gasteiger partial charge in [0.25, 0.3) is 0 Å². The Hall–Kier alpha value is -1.06. The first-order valence-corrected chi connectivity index (χ1v) is 2.66. The van der Waals surface area contributed by atoms with E-state index in [0.717, 1.165) is 0 Å². The van der Waals surface area contributed by atoms with Crippen molar-refractivity contribution in [3.05, 3.63) is 22.8 Å². The molecule has 0 unspecified atom stereocenters. The van der Waals surface area contributed by atoms with Crippen LogP contribution in [0.5, 0.6) is 0 Å². The maximum atomic E-state index is 6.37. The van der Waals surface area contributed by atoms with Gasteiger partial charge in [0.2, 0.25) is 13.1 Å². The highest BCUT2D eigenvalue weighted by Crippen LogP contribution is 1.76. The molecule has 0 atom stereocenters. The van der Waals surface area contributed by atoms with Gasteiger partial charge in [-0.1, -0.05) is 0 Å². The van der Waals surface area contributed by atoms with E-state index in [-0.39, 0.29) is 0 Å². The zero-order valence-corrected chi connectivity index (χ0v) is 5.13. The first-order valence-electron chi connectivity index (χ1n) is 2.66. The first kappa shape index (κ1) is 7.94. The van der Waals surface area contributed by atoms with Gasteiger partial charge in [-0.3, -0.25) is 0 Å². The molecule has 0 amide bonds. The van der Waals surface area contributed by atoms with E-state index in [4.69, 9.17) is 17.9 Å². The van der Waals surface area contributed by atoms with Gasteiger partial charge in [0.05, 0.1) is 0 Å². The summed E-state index contributed by atoms with van der Waals surface area (Å²) in [6.07, 6.45) is 0. The lowest BCUT2D eigenvalue weighted by molar-refractivity contribution is 0.158. The molecule has 0 aromatic heterocycles. The molecule has 0 bridgehead atoms. The number of hydrogen-bond acceptors (Lipinski definition) is 1. The van der Waals surface area contributed by atoms with Crippen LogP contribution in [-0.4, -0.2) is 26.3 Å². The summed E-state index contributed by atoms with van der Waals surface area (Å²) in [6.45, 7) is 14.5. The molecule has 0 aromatic rings. The van der Waals surface area contributed by atoms with E-state index in [1.165, 1.54) is 0 Å². The Bertz CT molecular complexity index is 115. The van der Waals surface area contributed by atoms with Gasteiger partial charge < -0.3 is 14.4 Å². The highest BCUT2D eigenvalue weighted by Gasteiger charge is 1.88. The van der Waals surface area contributed by atoms with Gasteiger partial charge in [0, 0.05) is 0 Å². The summed E-state index contributed by atoms with van der Waals surface area (Å²) in [5.41, 5.74) is 0. The highest BCUT2D eigenvalue weighted by molar-refractivity contribution is 4.59. The summed E-state index contributed by atoms with van der Waals surface area (Å²) in [4.78, 5) is 6.16. The van der Waals surface area contributed by atoms with Crippen molar-refractivity contribution < 1.29 is 4.74 Å². The van der Waals surface area contributed by atoms with Crippen LogP contribution in [0.15, 0.2) is 0 Å². The molecule has 0 rings (SSSR count). The maximum Gasteiger partial charge on any atom is 0.237 e. The van der Waals surface area contributed by atoms with Crippen LogP contribution < -0.4 is 0 Å². The molecule has 0 saturated heterocycles. The normalized spacial score (nSPS) is 7.78. The second-order valence-electron chi connectivity index (χ2n) is 1.38. The minimum absolute atomic E-state index is 0.401. The minimum atomic E-state index is 0.401. The number of rotatable bonds is 4. The van der Waals surface area contributed by atoms with Gasteiger partial charge in [-0.05, 0) is 0 Å². The molecule has 3 heteroatoms. The molecule has 0 aliphatic rings. The Morgan fingerprint density at radius 1 is 1.00 bits per heavy atom. The SMILES string of the molecule is [C-]#[N+]CCOCC[N+]#[C-]. The van der Waals surface area contributed by atoms with Crippen LogP contribution in [0.4, 0.5) is 0 Å². The predicted octanol–water partition coefficient (Wildman–Crippen LogP) is 0.842.